The minimum Gasteiger partial charge on any atom is -0.481 e. The van der Waals surface area contributed by atoms with Crippen LogP contribution in [0.3, 0.4) is 0 Å². The summed E-state index contributed by atoms with van der Waals surface area (Å²) in [5.41, 5.74) is 0.824. The minimum absolute atomic E-state index is 0.182. The van der Waals surface area contributed by atoms with Gasteiger partial charge < -0.3 is 15.3 Å². The Morgan fingerprint density at radius 1 is 1.45 bits per heavy atom. The van der Waals surface area contributed by atoms with Crippen LogP contribution in [0.2, 0.25) is 0 Å². The van der Waals surface area contributed by atoms with Crippen LogP contribution >= 0.6 is 0 Å². The van der Waals surface area contributed by atoms with Crippen molar-refractivity contribution in [2.45, 2.75) is 26.3 Å². The van der Waals surface area contributed by atoms with Gasteiger partial charge in [-0.1, -0.05) is 13.0 Å². The number of hydrogen-bond acceptors (Lipinski definition) is 3. The highest BCUT2D eigenvalue weighted by Crippen LogP contribution is 2.04. The highest BCUT2D eigenvalue weighted by Gasteiger charge is 2.11. The molecule has 2 amide bonds. The quantitative estimate of drug-likeness (QED) is 0.745. The molecule has 6 heteroatoms. The molecule has 0 radical (unpaired) electrons. The highest BCUT2D eigenvalue weighted by atomic mass is 16.4. The van der Waals surface area contributed by atoms with Crippen LogP contribution in [0.4, 0.5) is 4.79 Å². The molecule has 0 saturated heterocycles. The van der Waals surface area contributed by atoms with E-state index in [-0.39, 0.29) is 11.9 Å². The van der Waals surface area contributed by atoms with Gasteiger partial charge in [-0.25, -0.2) is 4.79 Å². The predicted octanol–water partition coefficient (Wildman–Crippen LogP) is 1.72. The first-order valence-corrected chi connectivity index (χ1v) is 6.62. The molecule has 0 spiro atoms. The lowest BCUT2D eigenvalue weighted by Crippen LogP contribution is -2.37. The van der Waals surface area contributed by atoms with Crippen molar-refractivity contribution in [2.75, 3.05) is 13.6 Å². The monoisotopic (exact) mass is 279 g/mol. The normalized spacial score (nSPS) is 11.7. The van der Waals surface area contributed by atoms with Crippen molar-refractivity contribution in [2.24, 2.45) is 5.92 Å². The van der Waals surface area contributed by atoms with Crippen molar-refractivity contribution < 1.29 is 14.7 Å². The van der Waals surface area contributed by atoms with E-state index in [0.29, 0.717) is 25.9 Å². The number of aliphatic carboxylic acids is 1. The van der Waals surface area contributed by atoms with Crippen LogP contribution in [0.15, 0.2) is 24.4 Å². The third-order valence-electron chi connectivity index (χ3n) is 2.98. The number of rotatable bonds is 7. The zero-order valence-corrected chi connectivity index (χ0v) is 11.9. The number of carbonyl (C=O) groups excluding carboxylic acids is 1. The Bertz CT molecular complexity index is 437. The van der Waals surface area contributed by atoms with Gasteiger partial charge in [0.05, 0.1) is 18.2 Å². The van der Waals surface area contributed by atoms with E-state index in [1.54, 1.807) is 25.1 Å². The summed E-state index contributed by atoms with van der Waals surface area (Å²) in [6.07, 6.45) is 2.89. The maximum atomic E-state index is 11.8. The maximum Gasteiger partial charge on any atom is 0.317 e. The second-order valence-corrected chi connectivity index (χ2v) is 4.79. The standard InChI is InChI=1S/C14H21N3O3/c1-11(13(18)19)6-5-9-16-14(20)17(2)10-12-7-3-4-8-15-12/h3-4,7-8,11H,5-6,9-10H2,1-2H3,(H,16,20)(H,18,19). The predicted molar refractivity (Wildman–Crippen MR) is 75.1 cm³/mol. The Morgan fingerprint density at radius 2 is 2.20 bits per heavy atom. The van der Waals surface area contributed by atoms with Gasteiger partial charge in [-0.15, -0.1) is 0 Å². The van der Waals surface area contributed by atoms with Crippen LogP contribution < -0.4 is 5.32 Å². The number of amides is 2. The fourth-order valence-electron chi connectivity index (χ4n) is 1.67. The number of aromatic nitrogens is 1. The van der Waals surface area contributed by atoms with Crippen LogP contribution in [-0.4, -0.2) is 40.6 Å². The van der Waals surface area contributed by atoms with E-state index in [0.717, 1.165) is 5.69 Å². The summed E-state index contributed by atoms with van der Waals surface area (Å²) >= 11 is 0. The highest BCUT2D eigenvalue weighted by molar-refractivity contribution is 5.73. The molecule has 2 N–H and O–H groups in total. The summed E-state index contributed by atoms with van der Waals surface area (Å²) in [4.78, 5) is 28.1. The molecule has 1 aromatic rings. The summed E-state index contributed by atoms with van der Waals surface area (Å²) in [6.45, 7) is 2.58. The van der Waals surface area contributed by atoms with E-state index in [1.807, 2.05) is 18.2 Å². The first-order chi connectivity index (χ1) is 9.50. The number of carboxylic acids is 1. The molecule has 110 valence electrons. The number of nitrogens with one attached hydrogen (secondary N) is 1. The number of hydrogen-bond donors (Lipinski definition) is 2. The summed E-state index contributed by atoms with van der Waals surface area (Å²) in [7, 11) is 1.70. The molecule has 1 unspecified atom stereocenters. The van der Waals surface area contributed by atoms with Crippen molar-refractivity contribution >= 4 is 12.0 Å². The molecule has 1 atom stereocenters. The number of carbonyl (C=O) groups is 2. The van der Waals surface area contributed by atoms with Gasteiger partial charge in [0.1, 0.15) is 0 Å². The number of pyridine rings is 1. The Labute approximate surface area is 118 Å². The van der Waals surface area contributed by atoms with E-state index in [9.17, 15) is 9.59 Å². The molecule has 0 aliphatic carbocycles. The van der Waals surface area contributed by atoms with Gasteiger partial charge in [0.25, 0.3) is 0 Å². The fraction of sp³-hybridized carbons (Fsp3) is 0.500. The molecule has 1 aromatic heterocycles. The average molecular weight is 279 g/mol. The first kappa shape index (κ1) is 15.9. The van der Waals surface area contributed by atoms with Gasteiger partial charge in [-0.3, -0.25) is 9.78 Å². The third kappa shape index (κ3) is 5.69. The topological polar surface area (TPSA) is 82.5 Å². The lowest BCUT2D eigenvalue weighted by molar-refractivity contribution is -0.141. The summed E-state index contributed by atoms with van der Waals surface area (Å²) < 4.78 is 0. The zero-order valence-electron chi connectivity index (χ0n) is 11.9. The Balaban J connectivity index is 2.24. The van der Waals surface area contributed by atoms with E-state index >= 15 is 0 Å². The van der Waals surface area contributed by atoms with Crippen molar-refractivity contribution in [3.63, 3.8) is 0 Å². The second-order valence-electron chi connectivity index (χ2n) is 4.79. The first-order valence-electron chi connectivity index (χ1n) is 6.62. The number of nitrogens with zero attached hydrogens (tertiary/aromatic N) is 2. The molecule has 0 aromatic carbocycles. The molecule has 6 nitrogen and oxygen atoms in total. The van der Waals surface area contributed by atoms with E-state index in [2.05, 4.69) is 10.3 Å². The van der Waals surface area contributed by atoms with Crippen molar-refractivity contribution in [1.29, 1.82) is 0 Å². The SMILES string of the molecule is CC(CCCNC(=O)N(C)Cc1ccccn1)C(=O)O. The molecular weight excluding hydrogens is 258 g/mol. The lowest BCUT2D eigenvalue weighted by atomic mass is 10.1. The second kappa shape index (κ2) is 8.14. The van der Waals surface area contributed by atoms with Crippen LogP contribution in [0.1, 0.15) is 25.5 Å². The van der Waals surface area contributed by atoms with Gasteiger partial charge >= 0.3 is 12.0 Å². The number of carboxylic acid groups (broad SMARTS) is 1. The molecule has 0 fully saturated rings. The fourth-order valence-corrected chi connectivity index (χ4v) is 1.67. The molecule has 0 aliphatic rings. The average Bonchev–Trinajstić information content (AvgIpc) is 2.43. The Kier molecular flexibility index (Phi) is 6.49. The van der Waals surface area contributed by atoms with E-state index in [4.69, 9.17) is 5.11 Å². The van der Waals surface area contributed by atoms with Crippen LogP contribution in [0.5, 0.6) is 0 Å². The molecule has 1 rings (SSSR count). The molecular formula is C14H21N3O3. The van der Waals surface area contributed by atoms with E-state index < -0.39 is 5.97 Å². The smallest absolute Gasteiger partial charge is 0.317 e. The molecule has 20 heavy (non-hydrogen) atoms. The van der Waals surface area contributed by atoms with Crippen LogP contribution in [0, 0.1) is 5.92 Å². The molecule has 0 saturated carbocycles. The van der Waals surface area contributed by atoms with Crippen molar-refractivity contribution in [3.05, 3.63) is 30.1 Å². The Morgan fingerprint density at radius 3 is 2.80 bits per heavy atom. The Hall–Kier alpha value is -2.11. The largest absolute Gasteiger partial charge is 0.481 e. The van der Waals surface area contributed by atoms with Gasteiger partial charge in [-0.2, -0.15) is 0 Å². The molecule has 0 aliphatic heterocycles. The molecule has 0 bridgehead atoms. The van der Waals surface area contributed by atoms with Crippen molar-refractivity contribution in [1.82, 2.24) is 15.2 Å². The van der Waals surface area contributed by atoms with Crippen LogP contribution in [0.25, 0.3) is 0 Å². The zero-order chi connectivity index (χ0) is 15.0. The molecule has 1 heterocycles. The number of urea groups is 1. The van der Waals surface area contributed by atoms with Gasteiger partial charge in [-0.05, 0) is 25.0 Å². The van der Waals surface area contributed by atoms with E-state index in [1.165, 1.54) is 0 Å². The third-order valence-corrected chi connectivity index (χ3v) is 2.98. The van der Waals surface area contributed by atoms with Gasteiger partial charge in [0.2, 0.25) is 0 Å². The maximum absolute atomic E-state index is 11.8. The summed E-state index contributed by atoms with van der Waals surface area (Å²) in [5, 5.41) is 11.5. The summed E-state index contributed by atoms with van der Waals surface area (Å²) in [5.74, 6) is -1.18. The summed E-state index contributed by atoms with van der Waals surface area (Å²) in [6, 6.07) is 5.38. The van der Waals surface area contributed by atoms with Crippen LogP contribution in [-0.2, 0) is 11.3 Å². The minimum atomic E-state index is -0.802. The lowest BCUT2D eigenvalue weighted by Gasteiger charge is -2.17. The van der Waals surface area contributed by atoms with Gasteiger partial charge in [0.15, 0.2) is 0 Å². The van der Waals surface area contributed by atoms with Gasteiger partial charge in [0, 0.05) is 19.8 Å². The van der Waals surface area contributed by atoms with Crippen molar-refractivity contribution in [3.8, 4) is 0 Å².